The molecule has 0 radical (unpaired) electrons. The van der Waals surface area contributed by atoms with Gasteiger partial charge in [-0.2, -0.15) is 0 Å². The Bertz CT molecular complexity index is 1630. The first-order chi connectivity index (χ1) is 17.8. The van der Waals surface area contributed by atoms with Gasteiger partial charge in [0.25, 0.3) is 0 Å². The van der Waals surface area contributed by atoms with E-state index in [9.17, 15) is 23.9 Å². The summed E-state index contributed by atoms with van der Waals surface area (Å²) in [6.45, 7) is 0.00112. The van der Waals surface area contributed by atoms with Gasteiger partial charge in [0.15, 0.2) is 6.10 Å². The van der Waals surface area contributed by atoms with E-state index in [0.717, 1.165) is 0 Å². The van der Waals surface area contributed by atoms with Gasteiger partial charge in [0, 0.05) is 11.8 Å². The van der Waals surface area contributed by atoms with E-state index in [1.165, 1.54) is 0 Å². The van der Waals surface area contributed by atoms with E-state index in [1.807, 2.05) is 17.8 Å². The Kier molecular flexibility index (Phi) is 27.8. The van der Waals surface area contributed by atoms with Gasteiger partial charge in [-0.3, -0.25) is 0 Å². The first kappa shape index (κ1) is 39.7. The third kappa shape index (κ3) is 30.3. The van der Waals surface area contributed by atoms with Crippen molar-refractivity contribution >= 4 is 19.8 Å². The molecule has 11 heteroatoms. The Labute approximate surface area is 271 Å². The van der Waals surface area contributed by atoms with Crippen LogP contribution in [0.1, 0.15) is 6.92 Å². The van der Waals surface area contributed by atoms with Gasteiger partial charge in [0.05, 0.1) is 14.4 Å². The number of ether oxygens (including phenoxy) is 2. The van der Waals surface area contributed by atoms with Crippen molar-refractivity contribution in [1.82, 2.24) is 0 Å². The fourth-order valence-electron chi connectivity index (χ4n) is 1.35. The largest absolute Gasteiger partial charge is 1.00 e. The molecular formula is C28H9Na2O8P. The molecule has 0 saturated carbocycles. The monoisotopic (exact) mass is 550 g/mol. The molecule has 0 aliphatic heterocycles. The van der Waals surface area contributed by atoms with Crippen molar-refractivity contribution in [3.63, 3.8) is 0 Å². The van der Waals surface area contributed by atoms with E-state index in [0.29, 0.717) is 0 Å². The number of rotatable bonds is 6. The van der Waals surface area contributed by atoms with Gasteiger partial charge in [0.1, 0.15) is 6.61 Å². The molecule has 1 atom stereocenters. The van der Waals surface area contributed by atoms with E-state index >= 15 is 0 Å². The van der Waals surface area contributed by atoms with Crippen molar-refractivity contribution < 1.29 is 97.1 Å². The van der Waals surface area contributed by atoms with Crippen LogP contribution in [0.3, 0.4) is 0 Å². The van der Waals surface area contributed by atoms with Gasteiger partial charge in [-0.1, -0.05) is 5.92 Å². The minimum absolute atomic E-state index is 0. The zero-order chi connectivity index (χ0) is 27.6. The maximum Gasteiger partial charge on any atom is 1.00 e. The molecule has 0 saturated heterocycles. The second kappa shape index (κ2) is 27.3. The summed E-state index contributed by atoms with van der Waals surface area (Å²) < 4.78 is 24.2. The van der Waals surface area contributed by atoms with Crippen molar-refractivity contribution in [2.45, 2.75) is 13.0 Å². The molecule has 0 amide bonds. The van der Waals surface area contributed by atoms with Crippen LogP contribution in [0.25, 0.3) is 0 Å². The number of phosphoric ester groups is 1. The minimum Gasteiger partial charge on any atom is -0.790 e. The van der Waals surface area contributed by atoms with Gasteiger partial charge in [-0.25, -0.2) is 9.59 Å². The van der Waals surface area contributed by atoms with Crippen LogP contribution in [-0.2, 0) is 28.2 Å². The molecule has 0 aromatic rings. The Hall–Kier alpha value is -3.79. The van der Waals surface area contributed by atoms with Crippen molar-refractivity contribution in [2.24, 2.45) is 0 Å². The van der Waals surface area contributed by atoms with Crippen LogP contribution in [0.2, 0.25) is 0 Å². The summed E-state index contributed by atoms with van der Waals surface area (Å²) in [5.74, 6) is 45.7. The van der Waals surface area contributed by atoms with Crippen LogP contribution in [0.5, 0.6) is 0 Å². The molecule has 0 aliphatic rings. The first-order valence-electron chi connectivity index (χ1n) is 9.22. The molecule has 39 heavy (non-hydrogen) atoms. The summed E-state index contributed by atoms with van der Waals surface area (Å²) in [4.78, 5) is 44.6. The Morgan fingerprint density at radius 3 is 1.54 bits per heavy atom. The van der Waals surface area contributed by atoms with Crippen LogP contribution in [-0.4, -0.2) is 31.3 Å². The molecule has 0 unspecified atom stereocenters. The van der Waals surface area contributed by atoms with Gasteiger partial charge in [0.2, 0.25) is 0 Å². The summed E-state index contributed by atoms with van der Waals surface area (Å²) in [7, 11) is -5.40. The van der Waals surface area contributed by atoms with Crippen molar-refractivity contribution in [2.75, 3.05) is 13.2 Å². The summed E-state index contributed by atoms with van der Waals surface area (Å²) in [5.41, 5.74) is 0. The van der Waals surface area contributed by atoms with E-state index in [-0.39, 0.29) is 59.1 Å². The standard InChI is InChI=1S/C28H11O8P.2Na/c1-3-5-7-9-11-12-13-14-15-16-17-19-20-22-27(29)34-24-26(25-35-37(31,32)33)36-28(30)23-21-18-10-8-6-4-2;;/h2,26H,24-25H2,1H3,(H2,31,32,33);;/q;2*+1/p-2/t26-;;/m1../s1. The van der Waals surface area contributed by atoms with Crippen LogP contribution >= 0.6 is 7.82 Å². The predicted molar refractivity (Wildman–Crippen MR) is 127 cm³/mol. The second-order valence-corrected chi connectivity index (χ2v) is 6.29. The van der Waals surface area contributed by atoms with Gasteiger partial charge < -0.3 is 28.3 Å². The fraction of sp³-hybridized carbons (Fsp3) is 0.143. The summed E-state index contributed by atoms with van der Waals surface area (Å²) >= 11 is 0. The minimum atomic E-state index is -5.40. The molecule has 0 N–H and O–H groups in total. The summed E-state index contributed by atoms with van der Waals surface area (Å²) in [6.07, 6.45) is 3.39. The van der Waals surface area contributed by atoms with Crippen LogP contribution in [0.4, 0.5) is 0 Å². The number of esters is 2. The first-order valence-corrected chi connectivity index (χ1v) is 10.7. The molecular weight excluding hydrogens is 541 g/mol. The fourth-order valence-corrected chi connectivity index (χ4v) is 1.69. The van der Waals surface area contributed by atoms with Crippen LogP contribution in [0.15, 0.2) is 0 Å². The smallest absolute Gasteiger partial charge is 0.790 e. The number of carbonyl (C=O) groups is 2. The number of hydrogen-bond donors (Lipinski definition) is 0. The normalized spacial score (nSPS) is 7.44. The zero-order valence-electron chi connectivity index (χ0n) is 20.8. The SMILES string of the molecule is C#CC#CC#CC#CC(=O)O[C@H](COC(=O)C#CC#CC#CC#CC#CC#CC#CC)COP(=O)([O-])[O-].[Na+].[Na+]. The second-order valence-electron chi connectivity index (χ2n) is 5.14. The molecule has 0 spiro atoms. The quantitative estimate of drug-likeness (QED) is 0.105. The predicted octanol–water partition coefficient (Wildman–Crippen LogP) is -8.02. The van der Waals surface area contributed by atoms with E-state index in [2.05, 4.69) is 111 Å². The maximum atomic E-state index is 11.7. The molecule has 0 bridgehead atoms. The molecule has 0 aromatic carbocycles. The Balaban J connectivity index is -0.00000648. The van der Waals surface area contributed by atoms with Crippen molar-refractivity contribution in [1.29, 1.82) is 0 Å². The number of hydrogen-bond acceptors (Lipinski definition) is 8. The summed E-state index contributed by atoms with van der Waals surface area (Å²) in [6, 6.07) is 0. The molecule has 0 fully saturated rings. The molecule has 0 aromatic heterocycles. The zero-order valence-corrected chi connectivity index (χ0v) is 25.7. The third-order valence-electron chi connectivity index (χ3n) is 2.56. The number of carbonyl (C=O) groups excluding carboxylic acids is 2. The number of terminal acetylenes is 1. The number of phosphoric acid groups is 1. The van der Waals surface area contributed by atoms with Crippen LogP contribution in [0, 0.1) is 131 Å². The van der Waals surface area contributed by atoms with E-state index in [1.54, 1.807) is 6.92 Å². The average molecular weight is 550 g/mol. The van der Waals surface area contributed by atoms with Crippen LogP contribution < -0.4 is 68.9 Å². The van der Waals surface area contributed by atoms with Gasteiger partial charge in [-0.05, 0) is 113 Å². The van der Waals surface area contributed by atoms with E-state index < -0.39 is 39.1 Å². The van der Waals surface area contributed by atoms with Gasteiger partial charge in [-0.15, -0.1) is 6.42 Å². The molecule has 0 heterocycles. The molecule has 8 nitrogen and oxygen atoms in total. The van der Waals surface area contributed by atoms with E-state index in [4.69, 9.17) is 15.9 Å². The molecule has 176 valence electrons. The average Bonchev–Trinajstić information content (AvgIpc) is 2.85. The molecule has 0 aliphatic carbocycles. The summed E-state index contributed by atoms with van der Waals surface area (Å²) in [5, 5.41) is 0. The Morgan fingerprint density at radius 1 is 0.692 bits per heavy atom. The third-order valence-corrected chi connectivity index (χ3v) is 3.02. The van der Waals surface area contributed by atoms with Gasteiger partial charge >= 0.3 is 71.1 Å². The van der Waals surface area contributed by atoms with Crippen molar-refractivity contribution in [3.8, 4) is 131 Å². The topological polar surface area (TPSA) is 125 Å². The van der Waals surface area contributed by atoms with Crippen molar-refractivity contribution in [3.05, 3.63) is 0 Å². The Morgan fingerprint density at radius 2 is 1.10 bits per heavy atom. The maximum absolute atomic E-state index is 11.7. The molecule has 0 rings (SSSR count).